The highest BCUT2D eigenvalue weighted by atomic mass is 16.2. The minimum Gasteiger partial charge on any atom is -0.341 e. The van der Waals surface area contributed by atoms with Gasteiger partial charge in [0.1, 0.15) is 0 Å². The molecule has 1 aliphatic heterocycles. The third-order valence-corrected chi connectivity index (χ3v) is 3.87. The van der Waals surface area contributed by atoms with Crippen LogP contribution >= 0.6 is 0 Å². The highest BCUT2D eigenvalue weighted by molar-refractivity contribution is 5.78. The fourth-order valence-corrected chi connectivity index (χ4v) is 3.01. The fraction of sp³-hybridized carbons (Fsp3) is 0.941. The Morgan fingerprint density at radius 3 is 2.24 bits per heavy atom. The van der Waals surface area contributed by atoms with Gasteiger partial charge in [-0.15, -0.1) is 0 Å². The first-order valence-corrected chi connectivity index (χ1v) is 8.58. The Kier molecular flexibility index (Phi) is 8.27. The predicted octanol–water partition coefficient (Wildman–Crippen LogP) is 2.20. The van der Waals surface area contributed by atoms with Gasteiger partial charge in [-0.25, -0.2) is 0 Å². The van der Waals surface area contributed by atoms with Gasteiger partial charge in [0, 0.05) is 25.7 Å². The Bertz CT molecular complexity index is 288. The van der Waals surface area contributed by atoms with Gasteiger partial charge < -0.3 is 10.2 Å². The molecule has 0 saturated carbocycles. The molecule has 0 aliphatic carbocycles. The Labute approximate surface area is 131 Å². The van der Waals surface area contributed by atoms with E-state index in [1.165, 1.54) is 19.3 Å². The molecule has 1 amide bonds. The molecule has 0 bridgehead atoms. The third-order valence-electron chi connectivity index (χ3n) is 3.87. The number of nitrogens with one attached hydrogen (secondary N) is 1. The average molecular weight is 297 g/mol. The SMILES string of the molecule is CC(C)CN(CC(C)C)C(=O)CN(C)CC1CCCCN1. The van der Waals surface area contributed by atoms with Crippen molar-refractivity contribution in [3.63, 3.8) is 0 Å². The number of carbonyl (C=O) groups is 1. The summed E-state index contributed by atoms with van der Waals surface area (Å²) in [7, 11) is 2.07. The van der Waals surface area contributed by atoms with E-state index < -0.39 is 0 Å². The number of rotatable bonds is 8. The summed E-state index contributed by atoms with van der Waals surface area (Å²) in [5.41, 5.74) is 0. The molecule has 1 saturated heterocycles. The first-order valence-electron chi connectivity index (χ1n) is 8.58. The van der Waals surface area contributed by atoms with Gasteiger partial charge in [-0.05, 0) is 38.3 Å². The molecule has 0 spiro atoms. The molecule has 1 rings (SSSR count). The van der Waals surface area contributed by atoms with Gasteiger partial charge >= 0.3 is 0 Å². The molecule has 21 heavy (non-hydrogen) atoms. The van der Waals surface area contributed by atoms with Crippen LogP contribution in [0.15, 0.2) is 0 Å². The lowest BCUT2D eigenvalue weighted by Crippen LogP contribution is -2.47. The molecule has 4 heteroatoms. The third kappa shape index (κ3) is 7.82. The minimum atomic E-state index is 0.274. The van der Waals surface area contributed by atoms with E-state index in [0.717, 1.165) is 26.2 Å². The number of carbonyl (C=O) groups excluding carboxylic acids is 1. The largest absolute Gasteiger partial charge is 0.341 e. The second kappa shape index (κ2) is 9.42. The molecule has 1 unspecified atom stereocenters. The van der Waals surface area contributed by atoms with Crippen LogP contribution in [0.5, 0.6) is 0 Å². The van der Waals surface area contributed by atoms with Crippen LogP contribution in [-0.2, 0) is 4.79 Å². The van der Waals surface area contributed by atoms with Gasteiger partial charge in [-0.2, -0.15) is 0 Å². The maximum absolute atomic E-state index is 12.5. The van der Waals surface area contributed by atoms with E-state index in [9.17, 15) is 4.79 Å². The van der Waals surface area contributed by atoms with Gasteiger partial charge in [0.25, 0.3) is 0 Å². The van der Waals surface area contributed by atoms with Crippen LogP contribution in [-0.4, -0.2) is 61.5 Å². The van der Waals surface area contributed by atoms with Gasteiger partial charge in [-0.3, -0.25) is 9.69 Å². The Hall–Kier alpha value is -0.610. The van der Waals surface area contributed by atoms with Crippen LogP contribution in [0.25, 0.3) is 0 Å². The number of likely N-dealkylation sites (N-methyl/N-ethyl adjacent to an activating group) is 1. The lowest BCUT2D eigenvalue weighted by Gasteiger charge is -2.31. The maximum atomic E-state index is 12.5. The molecule has 1 fully saturated rings. The molecule has 0 aromatic heterocycles. The van der Waals surface area contributed by atoms with Gasteiger partial charge in [-0.1, -0.05) is 34.1 Å². The molecule has 4 nitrogen and oxygen atoms in total. The maximum Gasteiger partial charge on any atom is 0.236 e. The zero-order valence-corrected chi connectivity index (χ0v) is 14.7. The van der Waals surface area contributed by atoms with Crippen molar-refractivity contribution in [3.8, 4) is 0 Å². The van der Waals surface area contributed by atoms with Crippen molar-refractivity contribution in [1.82, 2.24) is 15.1 Å². The van der Waals surface area contributed by atoms with Crippen LogP contribution in [0, 0.1) is 11.8 Å². The van der Waals surface area contributed by atoms with E-state index >= 15 is 0 Å². The van der Waals surface area contributed by atoms with Crippen molar-refractivity contribution in [2.75, 3.05) is 39.8 Å². The van der Waals surface area contributed by atoms with E-state index in [1.807, 2.05) is 4.90 Å². The number of piperidine rings is 1. The molecule has 124 valence electrons. The topological polar surface area (TPSA) is 35.6 Å². The van der Waals surface area contributed by atoms with E-state index in [4.69, 9.17) is 0 Å². The van der Waals surface area contributed by atoms with Crippen molar-refractivity contribution >= 4 is 5.91 Å². The highest BCUT2D eigenvalue weighted by Gasteiger charge is 2.20. The second-order valence-corrected chi connectivity index (χ2v) is 7.43. The molecular weight excluding hydrogens is 262 g/mol. The average Bonchev–Trinajstić information content (AvgIpc) is 2.37. The molecule has 1 N–H and O–H groups in total. The number of nitrogens with zero attached hydrogens (tertiary/aromatic N) is 2. The van der Waals surface area contributed by atoms with E-state index in [-0.39, 0.29) is 5.91 Å². The summed E-state index contributed by atoms with van der Waals surface area (Å²) in [6, 6.07) is 0.556. The molecular formula is C17H35N3O. The lowest BCUT2D eigenvalue weighted by atomic mass is 10.0. The number of hydrogen-bond donors (Lipinski definition) is 1. The summed E-state index contributed by atoms with van der Waals surface area (Å²) in [5, 5.41) is 3.55. The number of amides is 1. The molecule has 1 aliphatic rings. The molecule has 0 aromatic rings. The summed E-state index contributed by atoms with van der Waals surface area (Å²) in [4.78, 5) is 16.8. The van der Waals surface area contributed by atoms with Crippen molar-refractivity contribution in [3.05, 3.63) is 0 Å². The zero-order valence-electron chi connectivity index (χ0n) is 14.7. The van der Waals surface area contributed by atoms with Crippen molar-refractivity contribution in [1.29, 1.82) is 0 Å². The Morgan fingerprint density at radius 1 is 1.14 bits per heavy atom. The Morgan fingerprint density at radius 2 is 1.76 bits per heavy atom. The molecule has 0 aromatic carbocycles. The second-order valence-electron chi connectivity index (χ2n) is 7.43. The quantitative estimate of drug-likeness (QED) is 0.746. The highest BCUT2D eigenvalue weighted by Crippen LogP contribution is 2.09. The van der Waals surface area contributed by atoms with E-state index in [0.29, 0.717) is 24.4 Å². The Balaban J connectivity index is 2.42. The first kappa shape index (κ1) is 18.4. The van der Waals surface area contributed by atoms with Crippen LogP contribution in [0.1, 0.15) is 47.0 Å². The van der Waals surface area contributed by atoms with Crippen LogP contribution in [0.4, 0.5) is 0 Å². The van der Waals surface area contributed by atoms with Gasteiger partial charge in [0.15, 0.2) is 0 Å². The normalized spacial score (nSPS) is 19.5. The summed E-state index contributed by atoms with van der Waals surface area (Å²) in [6.07, 6.45) is 3.84. The van der Waals surface area contributed by atoms with Crippen LogP contribution < -0.4 is 5.32 Å². The summed E-state index contributed by atoms with van der Waals surface area (Å²) < 4.78 is 0. The molecule has 1 heterocycles. The van der Waals surface area contributed by atoms with E-state index in [1.54, 1.807) is 0 Å². The van der Waals surface area contributed by atoms with Crippen molar-refractivity contribution < 1.29 is 4.79 Å². The molecule has 0 radical (unpaired) electrons. The van der Waals surface area contributed by atoms with Crippen molar-refractivity contribution in [2.24, 2.45) is 11.8 Å². The van der Waals surface area contributed by atoms with Crippen LogP contribution in [0.2, 0.25) is 0 Å². The predicted molar refractivity (Wildman–Crippen MR) is 89.4 cm³/mol. The van der Waals surface area contributed by atoms with E-state index in [2.05, 4.69) is 45.0 Å². The zero-order chi connectivity index (χ0) is 15.8. The van der Waals surface area contributed by atoms with Crippen molar-refractivity contribution in [2.45, 2.75) is 53.0 Å². The standard InChI is InChI=1S/C17H35N3O/c1-14(2)10-20(11-15(3)4)17(21)13-19(5)12-16-8-6-7-9-18-16/h14-16,18H,6-13H2,1-5H3. The summed E-state index contributed by atoms with van der Waals surface area (Å²) >= 11 is 0. The monoisotopic (exact) mass is 297 g/mol. The summed E-state index contributed by atoms with van der Waals surface area (Å²) in [5.74, 6) is 1.33. The molecule has 1 atom stereocenters. The van der Waals surface area contributed by atoms with Gasteiger partial charge in [0.05, 0.1) is 6.54 Å². The lowest BCUT2D eigenvalue weighted by molar-refractivity contribution is -0.133. The number of hydrogen-bond acceptors (Lipinski definition) is 3. The smallest absolute Gasteiger partial charge is 0.236 e. The summed E-state index contributed by atoms with van der Waals surface area (Å²) in [6.45, 7) is 13.1. The minimum absolute atomic E-state index is 0.274. The van der Waals surface area contributed by atoms with Gasteiger partial charge in [0.2, 0.25) is 5.91 Å². The van der Waals surface area contributed by atoms with Crippen LogP contribution in [0.3, 0.4) is 0 Å². The first-order chi connectivity index (χ1) is 9.88. The fourth-order valence-electron chi connectivity index (χ4n) is 3.01.